The summed E-state index contributed by atoms with van der Waals surface area (Å²) in [6, 6.07) is 5.66. The fraction of sp³-hybridized carbons (Fsp3) is 0.333. The molecule has 34 heavy (non-hydrogen) atoms. The van der Waals surface area contributed by atoms with Crippen molar-refractivity contribution in [3.8, 4) is 0 Å². The lowest BCUT2D eigenvalue weighted by atomic mass is 10.2. The van der Waals surface area contributed by atoms with Gasteiger partial charge in [-0.3, -0.25) is 23.7 Å². The number of fused-ring (bicyclic) bond motifs is 1. The van der Waals surface area contributed by atoms with Gasteiger partial charge < -0.3 is 0 Å². The number of hydrogen-bond donors (Lipinski definition) is 2. The minimum absolute atomic E-state index is 0.0395. The Morgan fingerprint density at radius 2 is 1.97 bits per heavy atom. The third-order valence-electron chi connectivity index (χ3n) is 5.94. The molecule has 0 spiro atoms. The minimum atomic E-state index is -4.07. The Morgan fingerprint density at radius 1 is 1.18 bits per heavy atom. The molecule has 0 saturated heterocycles. The Labute approximate surface area is 192 Å². The smallest absolute Gasteiger partial charge is 0.287 e. The number of nitrogens with zero attached hydrogens (tertiary/aromatic N) is 5. The number of aromatic amines is 1. The van der Waals surface area contributed by atoms with E-state index in [1.807, 2.05) is 0 Å². The van der Waals surface area contributed by atoms with Crippen LogP contribution >= 0.6 is 0 Å². The van der Waals surface area contributed by atoms with Gasteiger partial charge in [-0.2, -0.15) is 10.2 Å². The lowest BCUT2D eigenvalue weighted by Crippen LogP contribution is -2.41. The average molecular weight is 488 g/mol. The Hall–Kier alpha value is -3.58. The van der Waals surface area contributed by atoms with Crippen LogP contribution in [0.5, 0.6) is 0 Å². The van der Waals surface area contributed by atoms with Crippen molar-refractivity contribution in [1.29, 1.82) is 0 Å². The number of sulfonamides is 1. The summed E-state index contributed by atoms with van der Waals surface area (Å²) < 4.78 is 45.5. The fourth-order valence-electron chi connectivity index (χ4n) is 3.90. The molecular weight excluding hydrogens is 465 g/mol. The summed E-state index contributed by atoms with van der Waals surface area (Å²) in [6.07, 6.45) is 5.67. The summed E-state index contributed by atoms with van der Waals surface area (Å²) in [5, 5.41) is 10.9. The van der Waals surface area contributed by atoms with Gasteiger partial charge in [-0.1, -0.05) is 0 Å². The second-order valence-electron chi connectivity index (χ2n) is 8.55. The van der Waals surface area contributed by atoms with Gasteiger partial charge in [0.1, 0.15) is 6.67 Å². The van der Waals surface area contributed by atoms with Gasteiger partial charge in [0.25, 0.3) is 5.56 Å². The van der Waals surface area contributed by atoms with E-state index in [1.165, 1.54) is 22.8 Å². The third-order valence-corrected chi connectivity index (χ3v) is 7.52. The van der Waals surface area contributed by atoms with E-state index in [4.69, 9.17) is 0 Å². The summed E-state index contributed by atoms with van der Waals surface area (Å²) in [7, 11) is -2.35. The summed E-state index contributed by atoms with van der Waals surface area (Å²) >= 11 is 0. The molecule has 0 atom stereocenters. The van der Waals surface area contributed by atoms with Crippen molar-refractivity contribution >= 4 is 20.9 Å². The van der Waals surface area contributed by atoms with Gasteiger partial charge >= 0.3 is 5.69 Å². The van der Waals surface area contributed by atoms with Crippen molar-refractivity contribution in [2.75, 3.05) is 6.67 Å². The standard InChI is InChI=1S/C21H22FN7O4S/c1-27-10-14(9-24-27)11-29-19(30)17-8-16(34(32,33)26-21(13-22)5-6-21)2-3-18(17)28(20(29)31)12-15-4-7-23-25-15/h2-4,7-10,26H,5-6,11-13H2,1H3,(H,23,25). The van der Waals surface area contributed by atoms with Crippen molar-refractivity contribution in [3.05, 3.63) is 75.0 Å². The lowest BCUT2D eigenvalue weighted by Gasteiger charge is -2.16. The summed E-state index contributed by atoms with van der Waals surface area (Å²) in [6.45, 7) is -0.773. The summed E-state index contributed by atoms with van der Waals surface area (Å²) in [4.78, 5) is 26.5. The van der Waals surface area contributed by atoms with Gasteiger partial charge in [0.05, 0.1) is 46.3 Å². The normalized spacial score (nSPS) is 15.1. The molecule has 4 aromatic rings. The van der Waals surface area contributed by atoms with E-state index in [1.54, 1.807) is 36.4 Å². The molecule has 178 valence electrons. The number of halogens is 1. The maximum atomic E-state index is 13.4. The zero-order valence-electron chi connectivity index (χ0n) is 18.2. The first-order valence-corrected chi connectivity index (χ1v) is 12.0. The number of H-pyrrole nitrogens is 1. The number of nitrogens with one attached hydrogen (secondary N) is 2. The fourth-order valence-corrected chi connectivity index (χ4v) is 5.36. The van der Waals surface area contributed by atoms with Gasteiger partial charge in [0.15, 0.2) is 0 Å². The summed E-state index contributed by atoms with van der Waals surface area (Å²) in [5.74, 6) is 0. The van der Waals surface area contributed by atoms with Crippen LogP contribution in [-0.2, 0) is 30.2 Å². The van der Waals surface area contributed by atoms with Crippen LogP contribution in [0.3, 0.4) is 0 Å². The highest BCUT2D eigenvalue weighted by Crippen LogP contribution is 2.37. The quantitative estimate of drug-likeness (QED) is 0.371. The Bertz CT molecular complexity index is 1600. The predicted octanol–water partition coefficient (Wildman–Crippen LogP) is 0.497. The Balaban J connectivity index is 1.68. The highest BCUT2D eigenvalue weighted by atomic mass is 32.2. The lowest BCUT2D eigenvalue weighted by molar-refractivity contribution is 0.393. The van der Waals surface area contributed by atoms with Crippen LogP contribution in [0.2, 0.25) is 0 Å². The number of aryl methyl sites for hydroxylation is 1. The first kappa shape index (κ1) is 22.2. The van der Waals surface area contributed by atoms with Crippen LogP contribution in [0, 0.1) is 0 Å². The molecule has 13 heteroatoms. The molecule has 1 aliphatic carbocycles. The number of benzene rings is 1. The topological polar surface area (TPSA) is 137 Å². The van der Waals surface area contributed by atoms with Gasteiger partial charge in [0, 0.05) is 25.0 Å². The Kier molecular flexibility index (Phi) is 5.24. The molecular formula is C21H22FN7O4S. The van der Waals surface area contributed by atoms with Crippen molar-refractivity contribution in [3.63, 3.8) is 0 Å². The second kappa shape index (κ2) is 8.02. The first-order chi connectivity index (χ1) is 16.2. The first-order valence-electron chi connectivity index (χ1n) is 10.5. The number of alkyl halides is 1. The maximum absolute atomic E-state index is 13.4. The van der Waals surface area contributed by atoms with E-state index in [0.29, 0.717) is 24.1 Å². The molecule has 1 saturated carbocycles. The zero-order valence-corrected chi connectivity index (χ0v) is 19.0. The molecule has 2 N–H and O–H groups in total. The SMILES string of the molecule is Cn1cc(Cn2c(=O)c3cc(S(=O)(=O)NC4(CF)CC4)ccc3n(Cc3cc[nH]n3)c2=O)cn1. The largest absolute Gasteiger partial charge is 0.332 e. The molecule has 11 nitrogen and oxygen atoms in total. The molecule has 3 aromatic heterocycles. The molecule has 0 aliphatic heterocycles. The summed E-state index contributed by atoms with van der Waals surface area (Å²) in [5.41, 5.74) is -0.805. The van der Waals surface area contributed by atoms with Gasteiger partial charge in [-0.25, -0.2) is 22.3 Å². The van der Waals surface area contributed by atoms with Gasteiger partial charge in [-0.15, -0.1) is 0 Å². The van der Waals surface area contributed by atoms with Gasteiger partial charge in [-0.05, 0) is 37.1 Å². The average Bonchev–Trinajstić information content (AvgIpc) is 3.17. The van der Waals surface area contributed by atoms with Gasteiger partial charge in [0.2, 0.25) is 10.0 Å². The van der Waals surface area contributed by atoms with E-state index in [2.05, 4.69) is 20.0 Å². The van der Waals surface area contributed by atoms with E-state index < -0.39 is 33.5 Å². The molecule has 0 bridgehead atoms. The van der Waals surface area contributed by atoms with Crippen LogP contribution in [0.4, 0.5) is 4.39 Å². The molecule has 5 rings (SSSR count). The van der Waals surface area contributed by atoms with Crippen LogP contribution in [0.1, 0.15) is 24.1 Å². The molecule has 0 amide bonds. The van der Waals surface area contributed by atoms with Crippen LogP contribution < -0.4 is 16.0 Å². The van der Waals surface area contributed by atoms with E-state index >= 15 is 0 Å². The van der Waals surface area contributed by atoms with Crippen molar-refractivity contribution in [2.24, 2.45) is 7.05 Å². The molecule has 1 aromatic carbocycles. The van der Waals surface area contributed by atoms with E-state index in [-0.39, 0.29) is 28.9 Å². The molecule has 1 fully saturated rings. The molecule has 0 unspecified atom stereocenters. The Morgan fingerprint density at radius 3 is 2.59 bits per heavy atom. The number of aromatic nitrogens is 6. The van der Waals surface area contributed by atoms with Crippen LogP contribution in [0.25, 0.3) is 10.9 Å². The third kappa shape index (κ3) is 3.96. The van der Waals surface area contributed by atoms with Crippen molar-refractivity contribution < 1.29 is 12.8 Å². The molecule has 1 aliphatic rings. The predicted molar refractivity (Wildman–Crippen MR) is 121 cm³/mol. The number of rotatable bonds is 8. The maximum Gasteiger partial charge on any atom is 0.332 e. The van der Waals surface area contributed by atoms with Crippen molar-refractivity contribution in [2.45, 2.75) is 36.4 Å². The van der Waals surface area contributed by atoms with Crippen LogP contribution in [-0.4, -0.2) is 49.7 Å². The molecule has 3 heterocycles. The van der Waals surface area contributed by atoms with Crippen LogP contribution in [0.15, 0.2) is 57.3 Å². The highest BCUT2D eigenvalue weighted by molar-refractivity contribution is 7.89. The zero-order chi connectivity index (χ0) is 24.1. The highest BCUT2D eigenvalue weighted by Gasteiger charge is 2.46. The van der Waals surface area contributed by atoms with E-state index in [0.717, 1.165) is 4.57 Å². The second-order valence-corrected chi connectivity index (χ2v) is 10.2. The minimum Gasteiger partial charge on any atom is -0.287 e. The number of hydrogen-bond acceptors (Lipinski definition) is 6. The van der Waals surface area contributed by atoms with Crippen molar-refractivity contribution in [1.82, 2.24) is 33.8 Å². The molecule has 0 radical (unpaired) electrons. The van der Waals surface area contributed by atoms with E-state index in [9.17, 15) is 22.4 Å². The monoisotopic (exact) mass is 487 g/mol.